The number of hydrogen-bond donors (Lipinski definition) is 1. The van der Waals surface area contributed by atoms with Crippen molar-refractivity contribution in [1.82, 2.24) is 0 Å². The van der Waals surface area contributed by atoms with Crippen LogP contribution in [0.1, 0.15) is 18.4 Å². The molecule has 0 aromatic heterocycles. The second kappa shape index (κ2) is 6.16. The minimum absolute atomic E-state index is 0.498. The lowest BCUT2D eigenvalue weighted by molar-refractivity contribution is 0.129. The predicted octanol–water partition coefficient (Wildman–Crippen LogP) is 2.72. The molecule has 0 amide bonds. The second-order valence-electron chi connectivity index (χ2n) is 4.16. The number of benzene rings is 1. The standard InChI is InChI=1S/C13H19NOS/c14-13-6-2-1-4-11(13)7-9-16-10-12-5-3-8-15-12/h1-2,4,6,12H,3,5,7-10,14H2. The molecule has 1 aliphatic rings. The van der Waals surface area contributed by atoms with Gasteiger partial charge in [0.05, 0.1) is 6.10 Å². The van der Waals surface area contributed by atoms with E-state index >= 15 is 0 Å². The molecule has 2 rings (SSSR count). The SMILES string of the molecule is Nc1ccccc1CCSCC1CCCO1. The molecule has 1 atom stereocenters. The highest BCUT2D eigenvalue weighted by molar-refractivity contribution is 7.99. The lowest BCUT2D eigenvalue weighted by Gasteiger charge is -2.09. The van der Waals surface area contributed by atoms with Crippen LogP contribution in [0.2, 0.25) is 0 Å². The van der Waals surface area contributed by atoms with E-state index in [2.05, 4.69) is 12.1 Å². The molecule has 0 spiro atoms. The number of aryl methyl sites for hydroxylation is 1. The molecule has 1 unspecified atom stereocenters. The maximum atomic E-state index is 5.89. The predicted molar refractivity (Wildman–Crippen MR) is 70.9 cm³/mol. The summed E-state index contributed by atoms with van der Waals surface area (Å²) >= 11 is 1.97. The quantitative estimate of drug-likeness (QED) is 0.632. The Balaban J connectivity index is 1.66. The van der Waals surface area contributed by atoms with Gasteiger partial charge in [-0.1, -0.05) is 18.2 Å². The smallest absolute Gasteiger partial charge is 0.0666 e. The molecule has 1 fully saturated rings. The molecular weight excluding hydrogens is 218 g/mol. The molecule has 1 heterocycles. The molecule has 1 aromatic carbocycles. The lowest BCUT2D eigenvalue weighted by Crippen LogP contribution is -2.08. The van der Waals surface area contributed by atoms with Crippen molar-refractivity contribution >= 4 is 17.4 Å². The van der Waals surface area contributed by atoms with Crippen LogP contribution in [-0.4, -0.2) is 24.2 Å². The Morgan fingerprint density at radius 1 is 1.38 bits per heavy atom. The summed E-state index contributed by atoms with van der Waals surface area (Å²) in [6.07, 6.45) is 4.03. The summed E-state index contributed by atoms with van der Waals surface area (Å²) in [5.41, 5.74) is 8.07. The number of hydrogen-bond acceptors (Lipinski definition) is 3. The molecule has 0 aliphatic carbocycles. The summed E-state index contributed by atoms with van der Waals surface area (Å²) in [6.45, 7) is 0.955. The zero-order valence-corrected chi connectivity index (χ0v) is 10.3. The van der Waals surface area contributed by atoms with Gasteiger partial charge >= 0.3 is 0 Å². The summed E-state index contributed by atoms with van der Waals surface area (Å²) in [4.78, 5) is 0. The van der Waals surface area contributed by atoms with Crippen molar-refractivity contribution in [2.24, 2.45) is 0 Å². The first-order valence-electron chi connectivity index (χ1n) is 5.89. The van der Waals surface area contributed by atoms with Crippen molar-refractivity contribution in [3.63, 3.8) is 0 Å². The molecule has 16 heavy (non-hydrogen) atoms. The van der Waals surface area contributed by atoms with Crippen LogP contribution in [0.4, 0.5) is 5.69 Å². The van der Waals surface area contributed by atoms with Gasteiger partial charge in [-0.2, -0.15) is 11.8 Å². The van der Waals surface area contributed by atoms with Gasteiger partial charge in [0.2, 0.25) is 0 Å². The first-order chi connectivity index (χ1) is 7.86. The van der Waals surface area contributed by atoms with Crippen LogP contribution in [0.5, 0.6) is 0 Å². The zero-order valence-electron chi connectivity index (χ0n) is 9.52. The Kier molecular flexibility index (Phi) is 4.55. The first-order valence-corrected chi connectivity index (χ1v) is 7.04. The summed E-state index contributed by atoms with van der Waals surface area (Å²) in [7, 11) is 0. The lowest BCUT2D eigenvalue weighted by atomic mass is 10.1. The third kappa shape index (κ3) is 3.42. The second-order valence-corrected chi connectivity index (χ2v) is 5.31. The minimum Gasteiger partial charge on any atom is -0.399 e. The number of nitrogen functional groups attached to an aromatic ring is 1. The first kappa shape index (κ1) is 11.8. The number of rotatable bonds is 5. The van der Waals surface area contributed by atoms with Gasteiger partial charge in [-0.15, -0.1) is 0 Å². The maximum Gasteiger partial charge on any atom is 0.0666 e. The molecule has 1 aromatic rings. The van der Waals surface area contributed by atoms with Gasteiger partial charge in [0.1, 0.15) is 0 Å². The van der Waals surface area contributed by atoms with E-state index in [0.717, 1.165) is 30.2 Å². The highest BCUT2D eigenvalue weighted by Gasteiger charge is 2.14. The fourth-order valence-corrected chi connectivity index (χ4v) is 2.99. The molecule has 88 valence electrons. The van der Waals surface area contributed by atoms with Crippen molar-refractivity contribution in [3.05, 3.63) is 29.8 Å². The fraction of sp³-hybridized carbons (Fsp3) is 0.538. The number of thioether (sulfide) groups is 1. The highest BCUT2D eigenvalue weighted by atomic mass is 32.2. The van der Waals surface area contributed by atoms with Crippen LogP contribution >= 0.6 is 11.8 Å². The fourth-order valence-electron chi connectivity index (χ4n) is 1.93. The Labute approximate surface area is 102 Å². The zero-order chi connectivity index (χ0) is 11.2. The number of nitrogens with two attached hydrogens (primary N) is 1. The van der Waals surface area contributed by atoms with Crippen LogP contribution < -0.4 is 5.73 Å². The molecule has 2 nitrogen and oxygen atoms in total. The van der Waals surface area contributed by atoms with Crippen molar-refractivity contribution in [2.45, 2.75) is 25.4 Å². The van der Waals surface area contributed by atoms with Gasteiger partial charge in [0.25, 0.3) is 0 Å². The van der Waals surface area contributed by atoms with Crippen LogP contribution in [0, 0.1) is 0 Å². The van der Waals surface area contributed by atoms with E-state index in [9.17, 15) is 0 Å². The van der Waals surface area contributed by atoms with Gasteiger partial charge in [-0.3, -0.25) is 0 Å². The number of para-hydroxylation sites is 1. The van der Waals surface area contributed by atoms with E-state index in [-0.39, 0.29) is 0 Å². The maximum absolute atomic E-state index is 5.89. The van der Waals surface area contributed by atoms with E-state index in [4.69, 9.17) is 10.5 Å². The third-order valence-corrected chi connectivity index (χ3v) is 4.00. The monoisotopic (exact) mass is 237 g/mol. The summed E-state index contributed by atoms with van der Waals surface area (Å²) in [5, 5.41) is 0. The van der Waals surface area contributed by atoms with Gasteiger partial charge in [0, 0.05) is 18.0 Å². The molecule has 0 saturated carbocycles. The Hall–Kier alpha value is -0.670. The van der Waals surface area contributed by atoms with Gasteiger partial charge in [0.15, 0.2) is 0 Å². The molecular formula is C13H19NOS. The van der Waals surface area contributed by atoms with Gasteiger partial charge < -0.3 is 10.5 Å². The molecule has 0 bridgehead atoms. The van der Waals surface area contributed by atoms with Crippen LogP contribution in [-0.2, 0) is 11.2 Å². The van der Waals surface area contributed by atoms with Crippen LogP contribution in [0.3, 0.4) is 0 Å². The normalized spacial score (nSPS) is 20.1. The van der Waals surface area contributed by atoms with E-state index in [1.54, 1.807) is 0 Å². The van der Waals surface area contributed by atoms with Crippen molar-refractivity contribution in [2.75, 3.05) is 23.8 Å². The summed E-state index contributed by atoms with van der Waals surface area (Å²) in [6, 6.07) is 8.12. The van der Waals surface area contributed by atoms with E-state index < -0.39 is 0 Å². The van der Waals surface area contributed by atoms with E-state index in [1.807, 2.05) is 23.9 Å². The average molecular weight is 237 g/mol. The van der Waals surface area contributed by atoms with Gasteiger partial charge in [-0.25, -0.2) is 0 Å². The van der Waals surface area contributed by atoms with Crippen molar-refractivity contribution in [3.8, 4) is 0 Å². The summed E-state index contributed by atoms with van der Waals surface area (Å²) < 4.78 is 5.58. The van der Waals surface area contributed by atoms with E-state index in [1.165, 1.54) is 18.4 Å². The average Bonchev–Trinajstić information content (AvgIpc) is 2.79. The van der Waals surface area contributed by atoms with Crippen molar-refractivity contribution < 1.29 is 4.74 Å². The Bertz CT molecular complexity index is 323. The third-order valence-electron chi connectivity index (χ3n) is 2.90. The number of anilines is 1. The van der Waals surface area contributed by atoms with Crippen molar-refractivity contribution in [1.29, 1.82) is 0 Å². The largest absolute Gasteiger partial charge is 0.399 e. The van der Waals surface area contributed by atoms with Crippen LogP contribution in [0.15, 0.2) is 24.3 Å². The molecule has 3 heteroatoms. The Morgan fingerprint density at radius 3 is 3.00 bits per heavy atom. The molecule has 1 aliphatic heterocycles. The Morgan fingerprint density at radius 2 is 2.25 bits per heavy atom. The van der Waals surface area contributed by atoms with E-state index in [0.29, 0.717) is 6.10 Å². The topological polar surface area (TPSA) is 35.2 Å². The van der Waals surface area contributed by atoms with Gasteiger partial charge in [-0.05, 0) is 36.6 Å². The number of ether oxygens (including phenoxy) is 1. The minimum atomic E-state index is 0.498. The molecule has 1 saturated heterocycles. The highest BCUT2D eigenvalue weighted by Crippen LogP contribution is 2.19. The molecule has 0 radical (unpaired) electrons. The molecule has 2 N–H and O–H groups in total. The summed E-state index contributed by atoms with van der Waals surface area (Å²) in [5.74, 6) is 2.26. The van der Waals surface area contributed by atoms with Crippen LogP contribution in [0.25, 0.3) is 0 Å².